The molecule has 12 heavy (non-hydrogen) atoms. The molecule has 0 saturated heterocycles. The van der Waals surface area contributed by atoms with Crippen molar-refractivity contribution < 1.29 is 0 Å². The molecule has 0 unspecified atom stereocenters. The van der Waals surface area contributed by atoms with Gasteiger partial charge >= 0.3 is 0 Å². The molecule has 0 amide bonds. The van der Waals surface area contributed by atoms with Crippen LogP contribution in [0.2, 0.25) is 0 Å². The van der Waals surface area contributed by atoms with Crippen LogP contribution in [0.15, 0.2) is 5.11 Å². The van der Waals surface area contributed by atoms with Crippen molar-refractivity contribution in [3.8, 4) is 0 Å². The molecule has 0 atom stereocenters. The van der Waals surface area contributed by atoms with Crippen LogP contribution in [0.3, 0.4) is 0 Å². The minimum absolute atomic E-state index is 0.601. The molecule has 0 rings (SSSR count). The van der Waals surface area contributed by atoms with Gasteiger partial charge in [-0.15, -0.1) is 0 Å². The molecule has 70 valence electrons. The molecule has 0 radical (unpaired) electrons. The monoisotopic (exact) mass is 170 g/mol. The van der Waals surface area contributed by atoms with Gasteiger partial charge in [-0.25, -0.2) is 0 Å². The van der Waals surface area contributed by atoms with Crippen molar-refractivity contribution >= 4 is 0 Å². The van der Waals surface area contributed by atoms with E-state index < -0.39 is 0 Å². The highest BCUT2D eigenvalue weighted by Crippen LogP contribution is 1.97. The smallest absolute Gasteiger partial charge is 0.0258 e. The van der Waals surface area contributed by atoms with Crippen LogP contribution in [0, 0.1) is 0 Å². The molecule has 0 aromatic rings. The van der Waals surface area contributed by atoms with Crippen LogP contribution in [0.25, 0.3) is 10.4 Å². The summed E-state index contributed by atoms with van der Waals surface area (Å²) in [4.78, 5) is 4.99. The van der Waals surface area contributed by atoms with Crippen molar-refractivity contribution in [2.24, 2.45) is 5.11 Å². The Bertz CT molecular complexity index is 149. The van der Waals surface area contributed by atoms with E-state index in [9.17, 15) is 0 Å². The third-order valence-electron chi connectivity index (χ3n) is 1.96. The predicted molar refractivity (Wildman–Crippen MR) is 51.0 cm³/mol. The maximum atomic E-state index is 8.01. The fourth-order valence-electron chi connectivity index (χ4n) is 0.847. The maximum Gasteiger partial charge on any atom is 0.0258 e. The topological polar surface area (TPSA) is 52.0 Å². The van der Waals surface area contributed by atoms with Crippen LogP contribution < -0.4 is 0 Å². The zero-order valence-electron chi connectivity index (χ0n) is 8.19. The molecule has 0 spiro atoms. The number of rotatable bonds is 6. The zero-order valence-corrected chi connectivity index (χ0v) is 8.19. The van der Waals surface area contributed by atoms with E-state index in [4.69, 9.17) is 5.53 Å². The Morgan fingerprint density at radius 2 is 2.08 bits per heavy atom. The first kappa shape index (κ1) is 11.3. The zero-order chi connectivity index (χ0) is 9.40. The summed E-state index contributed by atoms with van der Waals surface area (Å²) in [6.07, 6.45) is 2.09. The summed E-state index contributed by atoms with van der Waals surface area (Å²) in [6, 6.07) is 0.601. The fourth-order valence-corrected chi connectivity index (χ4v) is 0.847. The van der Waals surface area contributed by atoms with Crippen molar-refractivity contribution in [3.63, 3.8) is 0 Å². The summed E-state index contributed by atoms with van der Waals surface area (Å²) in [6.45, 7) is 6.06. The Labute approximate surface area is 74.2 Å². The van der Waals surface area contributed by atoms with Crippen LogP contribution in [0.5, 0.6) is 0 Å². The molecular weight excluding hydrogens is 152 g/mol. The van der Waals surface area contributed by atoms with Crippen molar-refractivity contribution in [2.75, 3.05) is 20.1 Å². The average molecular weight is 170 g/mol. The number of hydrogen-bond acceptors (Lipinski definition) is 2. The number of azide groups is 1. The summed E-state index contributed by atoms with van der Waals surface area (Å²) >= 11 is 0. The molecule has 0 saturated carbocycles. The van der Waals surface area contributed by atoms with E-state index in [0.29, 0.717) is 12.6 Å². The van der Waals surface area contributed by atoms with Gasteiger partial charge in [0.25, 0.3) is 0 Å². The van der Waals surface area contributed by atoms with Crippen LogP contribution in [-0.2, 0) is 0 Å². The molecule has 0 fully saturated rings. The minimum atomic E-state index is 0.601. The van der Waals surface area contributed by atoms with Crippen LogP contribution in [0.1, 0.15) is 26.7 Å². The van der Waals surface area contributed by atoms with Gasteiger partial charge in [-0.2, -0.15) is 0 Å². The van der Waals surface area contributed by atoms with Crippen molar-refractivity contribution in [1.82, 2.24) is 4.90 Å². The first-order chi connectivity index (χ1) is 5.68. The van der Waals surface area contributed by atoms with Crippen LogP contribution >= 0.6 is 0 Å². The second kappa shape index (κ2) is 6.95. The average Bonchev–Trinajstić information content (AvgIpc) is 2.03. The molecule has 0 aromatic heterocycles. The summed E-state index contributed by atoms with van der Waals surface area (Å²) in [5.74, 6) is 0. The Hall–Kier alpha value is -0.730. The summed E-state index contributed by atoms with van der Waals surface area (Å²) in [5.41, 5.74) is 8.01. The van der Waals surface area contributed by atoms with Gasteiger partial charge in [0.15, 0.2) is 0 Å². The van der Waals surface area contributed by atoms with Crippen molar-refractivity contribution in [1.29, 1.82) is 0 Å². The van der Waals surface area contributed by atoms with E-state index >= 15 is 0 Å². The van der Waals surface area contributed by atoms with Gasteiger partial charge in [-0.05, 0) is 45.8 Å². The van der Waals surface area contributed by atoms with E-state index in [1.807, 2.05) is 0 Å². The Kier molecular flexibility index (Phi) is 6.53. The Morgan fingerprint density at radius 3 is 2.58 bits per heavy atom. The predicted octanol–water partition coefficient (Wildman–Crippen LogP) is 2.42. The van der Waals surface area contributed by atoms with Gasteiger partial charge in [0.2, 0.25) is 0 Å². The normalized spacial score (nSPS) is 10.4. The van der Waals surface area contributed by atoms with E-state index in [0.717, 1.165) is 19.4 Å². The number of unbranched alkanes of at least 4 members (excludes halogenated alkanes) is 1. The quantitative estimate of drug-likeness (QED) is 0.261. The van der Waals surface area contributed by atoms with E-state index in [-0.39, 0.29) is 0 Å². The lowest BCUT2D eigenvalue weighted by Gasteiger charge is -2.20. The van der Waals surface area contributed by atoms with E-state index in [1.165, 1.54) is 0 Å². The summed E-state index contributed by atoms with van der Waals surface area (Å²) in [7, 11) is 2.11. The fraction of sp³-hybridized carbons (Fsp3) is 1.00. The molecule has 0 aliphatic carbocycles. The largest absolute Gasteiger partial charge is 0.304 e. The summed E-state index contributed by atoms with van der Waals surface area (Å²) in [5, 5.41) is 3.48. The van der Waals surface area contributed by atoms with Gasteiger partial charge < -0.3 is 4.90 Å². The molecule has 0 aliphatic rings. The first-order valence-corrected chi connectivity index (χ1v) is 4.39. The Balaban J connectivity index is 3.25. The molecule has 4 heteroatoms. The van der Waals surface area contributed by atoms with E-state index in [2.05, 4.69) is 35.8 Å². The number of nitrogens with zero attached hydrogens (tertiary/aromatic N) is 4. The molecule has 0 heterocycles. The lowest BCUT2D eigenvalue weighted by molar-refractivity contribution is 0.269. The molecule has 0 aromatic carbocycles. The lowest BCUT2D eigenvalue weighted by Crippen LogP contribution is -2.27. The highest BCUT2D eigenvalue weighted by Gasteiger charge is 2.00. The number of hydrogen-bond donors (Lipinski definition) is 0. The van der Waals surface area contributed by atoms with Gasteiger partial charge in [-0.1, -0.05) is 5.11 Å². The van der Waals surface area contributed by atoms with Gasteiger partial charge in [-0.3, -0.25) is 0 Å². The van der Waals surface area contributed by atoms with Crippen molar-refractivity contribution in [3.05, 3.63) is 10.4 Å². The molecule has 0 bridgehead atoms. The van der Waals surface area contributed by atoms with Crippen molar-refractivity contribution in [2.45, 2.75) is 32.7 Å². The molecule has 0 N–H and O–H groups in total. The molecule has 0 aliphatic heterocycles. The molecule has 4 nitrogen and oxygen atoms in total. The van der Waals surface area contributed by atoms with Crippen LogP contribution in [0.4, 0.5) is 0 Å². The van der Waals surface area contributed by atoms with Crippen LogP contribution in [-0.4, -0.2) is 31.1 Å². The highest BCUT2D eigenvalue weighted by atomic mass is 15.1. The second-order valence-electron chi connectivity index (χ2n) is 3.24. The maximum absolute atomic E-state index is 8.01. The van der Waals surface area contributed by atoms with E-state index in [1.54, 1.807) is 0 Å². The van der Waals surface area contributed by atoms with Gasteiger partial charge in [0, 0.05) is 17.5 Å². The lowest BCUT2D eigenvalue weighted by atomic mass is 10.2. The second-order valence-corrected chi connectivity index (χ2v) is 3.24. The molecular formula is C8H18N4. The first-order valence-electron chi connectivity index (χ1n) is 4.39. The standard InChI is InChI=1S/C8H18N4/c1-8(2)12(3)7-5-4-6-10-11-9/h8H,4-7H2,1-3H3. The third-order valence-corrected chi connectivity index (χ3v) is 1.96. The van der Waals surface area contributed by atoms with Gasteiger partial charge in [0.1, 0.15) is 0 Å². The minimum Gasteiger partial charge on any atom is -0.304 e. The highest BCUT2D eigenvalue weighted by molar-refractivity contribution is 4.57. The Morgan fingerprint density at radius 1 is 1.42 bits per heavy atom. The third kappa shape index (κ3) is 6.01. The summed E-state index contributed by atoms with van der Waals surface area (Å²) < 4.78 is 0. The van der Waals surface area contributed by atoms with Gasteiger partial charge in [0.05, 0.1) is 0 Å². The SMILES string of the molecule is CC(C)N(C)CCCCN=[N+]=[N-].